The molecule has 0 bridgehead atoms. The number of nitrogens with one attached hydrogen (secondary N) is 1. The number of carbonyl (C=O) groups is 3. The highest BCUT2D eigenvalue weighted by molar-refractivity contribution is 5.87. The predicted molar refractivity (Wildman–Crippen MR) is 73.3 cm³/mol. The first-order chi connectivity index (χ1) is 9.36. The molecule has 1 atom stereocenters. The van der Waals surface area contributed by atoms with Crippen molar-refractivity contribution in [3.8, 4) is 0 Å². The third-order valence-corrected chi connectivity index (χ3v) is 3.22. The van der Waals surface area contributed by atoms with Gasteiger partial charge in [0.05, 0.1) is 0 Å². The summed E-state index contributed by atoms with van der Waals surface area (Å²) in [6.45, 7) is 6.21. The third-order valence-electron chi connectivity index (χ3n) is 3.22. The number of rotatable bonds is 5. The van der Waals surface area contributed by atoms with Gasteiger partial charge >= 0.3 is 12.0 Å². The van der Waals surface area contributed by atoms with Gasteiger partial charge in [-0.15, -0.1) is 0 Å². The minimum Gasteiger partial charge on any atom is -0.480 e. The van der Waals surface area contributed by atoms with Crippen molar-refractivity contribution in [2.24, 2.45) is 0 Å². The molecule has 1 fully saturated rings. The number of carboxylic acids is 1. The van der Waals surface area contributed by atoms with Gasteiger partial charge in [-0.2, -0.15) is 0 Å². The van der Waals surface area contributed by atoms with Crippen LogP contribution in [0.15, 0.2) is 0 Å². The number of carboxylic acid groups (broad SMARTS) is 1. The maximum atomic E-state index is 12.3. The molecule has 3 amide bonds. The van der Waals surface area contributed by atoms with Crippen LogP contribution in [0.2, 0.25) is 0 Å². The number of aliphatic carboxylic acids is 1. The van der Waals surface area contributed by atoms with E-state index in [0.717, 1.165) is 0 Å². The number of urea groups is 1. The highest BCUT2D eigenvalue weighted by atomic mass is 16.4. The summed E-state index contributed by atoms with van der Waals surface area (Å²) in [6, 6.07) is -1.14. The van der Waals surface area contributed by atoms with E-state index < -0.39 is 12.0 Å². The zero-order chi connectivity index (χ0) is 15.3. The van der Waals surface area contributed by atoms with Crippen molar-refractivity contribution >= 4 is 17.9 Å². The molecule has 1 saturated heterocycles. The Bertz CT molecular complexity index is 384. The van der Waals surface area contributed by atoms with Gasteiger partial charge in [-0.25, -0.2) is 9.59 Å². The number of amides is 3. The first-order valence-corrected chi connectivity index (χ1v) is 6.94. The summed E-state index contributed by atoms with van der Waals surface area (Å²) < 4.78 is 0. The Morgan fingerprint density at radius 3 is 2.55 bits per heavy atom. The summed E-state index contributed by atoms with van der Waals surface area (Å²) in [7, 11) is 0. The normalized spacial score (nSPS) is 18.2. The zero-order valence-corrected chi connectivity index (χ0v) is 12.3. The molecule has 1 aliphatic heterocycles. The third kappa shape index (κ3) is 4.11. The Hall–Kier alpha value is -1.79. The number of nitrogens with zero attached hydrogens (tertiary/aromatic N) is 2. The van der Waals surface area contributed by atoms with Crippen molar-refractivity contribution in [1.82, 2.24) is 15.1 Å². The lowest BCUT2D eigenvalue weighted by Gasteiger charge is -2.29. The summed E-state index contributed by atoms with van der Waals surface area (Å²) in [6.07, 6.45) is 1.15. The maximum absolute atomic E-state index is 12.3. The molecule has 0 aromatic rings. The summed E-state index contributed by atoms with van der Waals surface area (Å²) in [5.74, 6) is -1.22. The van der Waals surface area contributed by atoms with E-state index in [9.17, 15) is 14.4 Å². The minimum atomic E-state index is -0.987. The number of carbonyl (C=O) groups excluding carboxylic acids is 2. The first-order valence-electron chi connectivity index (χ1n) is 6.94. The van der Waals surface area contributed by atoms with E-state index in [1.54, 1.807) is 6.92 Å². The highest BCUT2D eigenvalue weighted by Gasteiger charge is 2.36. The predicted octanol–water partition coefficient (Wildman–Crippen LogP) is 0.502. The van der Waals surface area contributed by atoms with Gasteiger partial charge in [0.25, 0.3) is 0 Å². The van der Waals surface area contributed by atoms with Crippen molar-refractivity contribution < 1.29 is 19.5 Å². The number of likely N-dealkylation sites (tertiary alicyclic amines) is 1. The van der Waals surface area contributed by atoms with E-state index in [1.165, 1.54) is 9.80 Å². The molecule has 0 radical (unpaired) electrons. The van der Waals surface area contributed by atoms with Crippen molar-refractivity contribution in [1.29, 1.82) is 0 Å². The molecule has 0 aliphatic carbocycles. The van der Waals surface area contributed by atoms with Gasteiger partial charge in [0.15, 0.2) is 0 Å². The van der Waals surface area contributed by atoms with E-state index in [-0.39, 0.29) is 24.5 Å². The van der Waals surface area contributed by atoms with Gasteiger partial charge in [-0.1, -0.05) is 0 Å². The number of hydrogen-bond donors (Lipinski definition) is 2. The molecule has 1 heterocycles. The monoisotopic (exact) mass is 285 g/mol. The molecule has 1 unspecified atom stereocenters. The Balaban J connectivity index is 2.67. The van der Waals surface area contributed by atoms with Gasteiger partial charge in [0.2, 0.25) is 5.91 Å². The smallest absolute Gasteiger partial charge is 0.326 e. The lowest BCUT2D eigenvalue weighted by atomic mass is 10.2. The largest absolute Gasteiger partial charge is 0.480 e. The van der Waals surface area contributed by atoms with E-state index in [0.29, 0.717) is 25.9 Å². The van der Waals surface area contributed by atoms with E-state index >= 15 is 0 Å². The average molecular weight is 285 g/mol. The molecule has 114 valence electrons. The summed E-state index contributed by atoms with van der Waals surface area (Å²) >= 11 is 0. The molecule has 0 aromatic carbocycles. The van der Waals surface area contributed by atoms with Gasteiger partial charge in [-0.3, -0.25) is 4.79 Å². The van der Waals surface area contributed by atoms with Crippen LogP contribution in [0.25, 0.3) is 0 Å². The minimum absolute atomic E-state index is 0.00913. The van der Waals surface area contributed by atoms with Crippen LogP contribution < -0.4 is 5.32 Å². The van der Waals surface area contributed by atoms with Crippen LogP contribution in [0.5, 0.6) is 0 Å². The Labute approximate surface area is 118 Å². The Morgan fingerprint density at radius 1 is 1.40 bits per heavy atom. The van der Waals surface area contributed by atoms with Crippen molar-refractivity contribution in [2.75, 3.05) is 19.6 Å². The van der Waals surface area contributed by atoms with Gasteiger partial charge in [0, 0.05) is 19.1 Å². The SMILES string of the molecule is CCN(CC(=O)NC(C)C)C(=O)N1CCCC1C(=O)O. The molecule has 2 N–H and O–H groups in total. The quantitative estimate of drug-likeness (QED) is 0.769. The van der Waals surface area contributed by atoms with Crippen LogP contribution in [0.3, 0.4) is 0 Å². The fourth-order valence-corrected chi connectivity index (χ4v) is 2.29. The van der Waals surface area contributed by atoms with Gasteiger partial charge in [-0.05, 0) is 33.6 Å². The highest BCUT2D eigenvalue weighted by Crippen LogP contribution is 2.19. The molecule has 0 spiro atoms. The summed E-state index contributed by atoms with van der Waals surface area (Å²) in [4.78, 5) is 37.9. The lowest BCUT2D eigenvalue weighted by molar-refractivity contribution is -0.141. The Morgan fingerprint density at radius 2 is 2.05 bits per heavy atom. The molecular weight excluding hydrogens is 262 g/mol. The molecule has 1 rings (SSSR count). The van der Waals surface area contributed by atoms with Crippen molar-refractivity contribution in [2.45, 2.75) is 45.7 Å². The first kappa shape index (κ1) is 16.3. The molecule has 1 aliphatic rings. The average Bonchev–Trinajstić information content (AvgIpc) is 2.83. The molecule has 0 aromatic heterocycles. The van der Waals surface area contributed by atoms with Crippen LogP contribution in [0.1, 0.15) is 33.6 Å². The van der Waals surface area contributed by atoms with Gasteiger partial charge < -0.3 is 20.2 Å². The summed E-state index contributed by atoms with van der Waals surface area (Å²) in [5.41, 5.74) is 0. The van der Waals surface area contributed by atoms with E-state index in [2.05, 4.69) is 5.32 Å². The standard InChI is InChI=1S/C13H23N3O4/c1-4-15(8-11(17)14-9(2)3)13(20)16-7-5-6-10(16)12(18)19/h9-10H,4-8H2,1-3H3,(H,14,17)(H,18,19). The molecule has 7 nitrogen and oxygen atoms in total. The van der Waals surface area contributed by atoms with E-state index in [1.807, 2.05) is 13.8 Å². The molecule has 20 heavy (non-hydrogen) atoms. The molecular formula is C13H23N3O4. The summed E-state index contributed by atoms with van der Waals surface area (Å²) in [5, 5.41) is 11.8. The second-order valence-corrected chi connectivity index (χ2v) is 5.21. The fraction of sp³-hybridized carbons (Fsp3) is 0.769. The molecule has 0 saturated carbocycles. The number of likely N-dealkylation sites (N-methyl/N-ethyl adjacent to an activating group) is 1. The van der Waals surface area contributed by atoms with Crippen LogP contribution in [0, 0.1) is 0 Å². The van der Waals surface area contributed by atoms with Crippen molar-refractivity contribution in [3.63, 3.8) is 0 Å². The van der Waals surface area contributed by atoms with Crippen LogP contribution in [-0.2, 0) is 9.59 Å². The second-order valence-electron chi connectivity index (χ2n) is 5.21. The second kappa shape index (κ2) is 7.12. The lowest BCUT2D eigenvalue weighted by Crippen LogP contribution is -2.51. The number of hydrogen-bond acceptors (Lipinski definition) is 3. The van der Waals surface area contributed by atoms with E-state index in [4.69, 9.17) is 5.11 Å². The fourth-order valence-electron chi connectivity index (χ4n) is 2.29. The Kier molecular flexibility index (Phi) is 5.79. The van der Waals surface area contributed by atoms with Gasteiger partial charge in [0.1, 0.15) is 12.6 Å². The van der Waals surface area contributed by atoms with Crippen LogP contribution in [0.4, 0.5) is 4.79 Å². The zero-order valence-electron chi connectivity index (χ0n) is 12.3. The molecule has 7 heteroatoms. The topological polar surface area (TPSA) is 90.0 Å². The van der Waals surface area contributed by atoms with Crippen LogP contribution in [-0.4, -0.2) is 64.5 Å². The van der Waals surface area contributed by atoms with Crippen LogP contribution >= 0.6 is 0 Å². The maximum Gasteiger partial charge on any atom is 0.326 e. The van der Waals surface area contributed by atoms with Crippen molar-refractivity contribution in [3.05, 3.63) is 0 Å².